The van der Waals surface area contributed by atoms with Crippen LogP contribution in [-0.4, -0.2) is 25.7 Å². The number of anilines is 1. The molecule has 3 aromatic heterocycles. The van der Waals surface area contributed by atoms with Crippen LogP contribution in [0.25, 0.3) is 10.2 Å². The van der Waals surface area contributed by atoms with Gasteiger partial charge in [-0.05, 0) is 42.8 Å². The number of thiazole rings is 1. The number of hydrogen-bond acceptors (Lipinski definition) is 5. The first kappa shape index (κ1) is 17.8. The molecule has 1 aromatic carbocycles. The molecule has 4 aromatic rings. The lowest BCUT2D eigenvalue weighted by atomic mass is 10.2. The van der Waals surface area contributed by atoms with Crippen molar-refractivity contribution in [2.75, 3.05) is 4.90 Å². The molecule has 136 valence electrons. The van der Waals surface area contributed by atoms with Crippen LogP contribution >= 0.6 is 27.3 Å². The quantitative estimate of drug-likeness (QED) is 0.472. The summed E-state index contributed by atoms with van der Waals surface area (Å²) in [7, 11) is 1.83. The second-order valence-electron chi connectivity index (χ2n) is 6.16. The smallest absolute Gasteiger partial charge is 0.278 e. The number of aromatic nitrogens is 4. The Morgan fingerprint density at radius 3 is 2.85 bits per heavy atom. The molecule has 0 unspecified atom stereocenters. The number of carbonyl (C=O) groups excluding carboxylic acids is 1. The van der Waals surface area contributed by atoms with Crippen LogP contribution in [0.1, 0.15) is 21.7 Å². The van der Waals surface area contributed by atoms with Crippen LogP contribution < -0.4 is 4.90 Å². The number of aryl methyl sites for hydroxylation is 2. The van der Waals surface area contributed by atoms with Gasteiger partial charge >= 0.3 is 0 Å². The lowest BCUT2D eigenvalue weighted by molar-refractivity contribution is 0.0979. The molecule has 1 amide bonds. The van der Waals surface area contributed by atoms with E-state index in [1.165, 1.54) is 11.3 Å². The van der Waals surface area contributed by atoms with E-state index in [0.717, 1.165) is 25.9 Å². The van der Waals surface area contributed by atoms with Gasteiger partial charge in [0, 0.05) is 29.6 Å². The third kappa shape index (κ3) is 3.63. The zero-order valence-corrected chi connectivity index (χ0v) is 17.2. The molecular formula is C19H16BrN5OS. The van der Waals surface area contributed by atoms with Crippen molar-refractivity contribution in [1.29, 1.82) is 0 Å². The largest absolute Gasteiger partial charge is 0.280 e. The highest BCUT2D eigenvalue weighted by Crippen LogP contribution is 2.32. The molecule has 0 radical (unpaired) electrons. The van der Waals surface area contributed by atoms with Crippen LogP contribution in [0.3, 0.4) is 0 Å². The Hall–Kier alpha value is -2.58. The summed E-state index contributed by atoms with van der Waals surface area (Å²) in [5.41, 5.74) is 3.12. The number of hydrogen-bond donors (Lipinski definition) is 0. The molecule has 0 aliphatic rings. The molecule has 27 heavy (non-hydrogen) atoms. The maximum atomic E-state index is 13.2. The zero-order chi connectivity index (χ0) is 19.0. The van der Waals surface area contributed by atoms with Crippen molar-refractivity contribution in [3.05, 3.63) is 70.2 Å². The number of fused-ring (bicyclic) bond motifs is 1. The highest BCUT2D eigenvalue weighted by Gasteiger charge is 2.24. The molecule has 0 N–H and O–H groups in total. The van der Waals surface area contributed by atoms with Crippen molar-refractivity contribution in [3.63, 3.8) is 0 Å². The van der Waals surface area contributed by atoms with Crippen LogP contribution in [-0.2, 0) is 13.6 Å². The van der Waals surface area contributed by atoms with Crippen LogP contribution in [0.15, 0.2) is 53.3 Å². The van der Waals surface area contributed by atoms with E-state index in [9.17, 15) is 4.79 Å². The highest BCUT2D eigenvalue weighted by molar-refractivity contribution is 9.10. The van der Waals surface area contributed by atoms with Gasteiger partial charge in [-0.25, -0.2) is 4.98 Å². The number of nitrogens with zero attached hydrogens (tertiary/aromatic N) is 5. The Kier molecular flexibility index (Phi) is 4.75. The fourth-order valence-electron chi connectivity index (χ4n) is 2.71. The van der Waals surface area contributed by atoms with Gasteiger partial charge in [0.15, 0.2) is 10.8 Å². The second-order valence-corrected chi connectivity index (χ2v) is 8.08. The minimum atomic E-state index is -0.180. The van der Waals surface area contributed by atoms with Crippen molar-refractivity contribution in [2.45, 2.75) is 13.5 Å². The molecule has 0 bridgehead atoms. The second kappa shape index (κ2) is 7.21. The summed E-state index contributed by atoms with van der Waals surface area (Å²) < 4.78 is 3.70. The Balaban J connectivity index is 1.77. The Bertz CT molecular complexity index is 1100. The van der Waals surface area contributed by atoms with E-state index in [-0.39, 0.29) is 5.91 Å². The predicted octanol–water partition coefficient (Wildman–Crippen LogP) is 4.34. The number of carbonyl (C=O) groups is 1. The third-order valence-electron chi connectivity index (χ3n) is 4.21. The Morgan fingerprint density at radius 2 is 2.15 bits per heavy atom. The van der Waals surface area contributed by atoms with Gasteiger partial charge in [-0.1, -0.05) is 33.3 Å². The molecule has 3 heterocycles. The molecule has 4 rings (SSSR count). The van der Waals surface area contributed by atoms with Gasteiger partial charge in [-0.2, -0.15) is 5.10 Å². The number of halogens is 1. The third-order valence-corrected chi connectivity index (χ3v) is 5.75. The molecule has 0 fully saturated rings. The number of rotatable bonds is 4. The Labute approximate surface area is 168 Å². The highest BCUT2D eigenvalue weighted by atomic mass is 79.9. The SMILES string of the molecule is Cc1cc(C(=O)N(Cc2cccnc2)c2nc3ccc(Br)cc3s2)nn1C. The zero-order valence-electron chi connectivity index (χ0n) is 14.8. The summed E-state index contributed by atoms with van der Waals surface area (Å²) in [5.74, 6) is -0.180. The van der Waals surface area contributed by atoms with Gasteiger partial charge in [0.05, 0.1) is 16.8 Å². The summed E-state index contributed by atoms with van der Waals surface area (Å²) in [5, 5.41) is 4.98. The number of pyridine rings is 1. The van der Waals surface area contributed by atoms with E-state index >= 15 is 0 Å². The summed E-state index contributed by atoms with van der Waals surface area (Å²) in [4.78, 5) is 23.7. The van der Waals surface area contributed by atoms with Gasteiger partial charge < -0.3 is 0 Å². The first-order chi connectivity index (χ1) is 13.0. The lowest BCUT2D eigenvalue weighted by Crippen LogP contribution is -2.30. The minimum absolute atomic E-state index is 0.180. The topological polar surface area (TPSA) is 63.9 Å². The van der Waals surface area contributed by atoms with E-state index in [2.05, 4.69) is 31.0 Å². The minimum Gasteiger partial charge on any atom is -0.278 e. The molecule has 0 aliphatic carbocycles. The van der Waals surface area contributed by atoms with Crippen molar-refractivity contribution in [2.24, 2.45) is 7.05 Å². The molecule has 0 aliphatic heterocycles. The van der Waals surface area contributed by atoms with Crippen LogP contribution in [0.2, 0.25) is 0 Å². The molecule has 6 nitrogen and oxygen atoms in total. The molecule has 8 heteroatoms. The van der Waals surface area contributed by atoms with E-state index in [4.69, 9.17) is 0 Å². The summed E-state index contributed by atoms with van der Waals surface area (Å²) in [6, 6.07) is 11.5. The van der Waals surface area contributed by atoms with E-state index in [0.29, 0.717) is 17.4 Å². The van der Waals surface area contributed by atoms with Crippen LogP contribution in [0.5, 0.6) is 0 Å². The number of benzene rings is 1. The van der Waals surface area contributed by atoms with Crippen molar-refractivity contribution >= 4 is 48.5 Å². The number of amides is 1. The predicted molar refractivity (Wildman–Crippen MR) is 110 cm³/mol. The monoisotopic (exact) mass is 441 g/mol. The van der Waals surface area contributed by atoms with E-state index in [1.54, 1.807) is 28.0 Å². The van der Waals surface area contributed by atoms with Crippen molar-refractivity contribution in [3.8, 4) is 0 Å². The first-order valence-electron chi connectivity index (χ1n) is 8.29. The van der Waals surface area contributed by atoms with Gasteiger partial charge in [0.25, 0.3) is 5.91 Å². The summed E-state index contributed by atoms with van der Waals surface area (Å²) >= 11 is 4.97. The lowest BCUT2D eigenvalue weighted by Gasteiger charge is -2.18. The normalized spacial score (nSPS) is 11.1. The Morgan fingerprint density at radius 1 is 1.30 bits per heavy atom. The summed E-state index contributed by atoms with van der Waals surface area (Å²) in [6.07, 6.45) is 3.47. The maximum Gasteiger partial charge on any atom is 0.280 e. The molecular weight excluding hydrogens is 426 g/mol. The van der Waals surface area contributed by atoms with Crippen LogP contribution in [0.4, 0.5) is 5.13 Å². The van der Waals surface area contributed by atoms with Gasteiger partial charge in [-0.15, -0.1) is 0 Å². The van der Waals surface area contributed by atoms with Crippen LogP contribution in [0, 0.1) is 6.92 Å². The standard InChI is InChI=1S/C19H16BrN5OS/c1-12-8-16(23-24(12)2)18(26)25(11-13-4-3-7-21-10-13)19-22-15-6-5-14(20)9-17(15)27-19/h3-10H,11H2,1-2H3. The van der Waals surface area contributed by atoms with E-state index < -0.39 is 0 Å². The fourth-order valence-corrected chi connectivity index (χ4v) is 4.22. The molecule has 0 saturated carbocycles. The van der Waals surface area contributed by atoms with E-state index in [1.807, 2.05) is 44.3 Å². The van der Waals surface area contributed by atoms with Gasteiger partial charge in [-0.3, -0.25) is 19.4 Å². The maximum absolute atomic E-state index is 13.2. The van der Waals surface area contributed by atoms with Gasteiger partial charge in [0.1, 0.15) is 0 Å². The fraction of sp³-hybridized carbons (Fsp3) is 0.158. The molecule has 0 atom stereocenters. The average molecular weight is 442 g/mol. The molecule has 0 saturated heterocycles. The summed E-state index contributed by atoms with van der Waals surface area (Å²) in [6.45, 7) is 2.30. The molecule has 0 spiro atoms. The van der Waals surface area contributed by atoms with Crippen molar-refractivity contribution < 1.29 is 4.79 Å². The van der Waals surface area contributed by atoms with Crippen molar-refractivity contribution in [1.82, 2.24) is 19.7 Å². The average Bonchev–Trinajstić information content (AvgIpc) is 3.23. The first-order valence-corrected chi connectivity index (χ1v) is 9.90. The van der Waals surface area contributed by atoms with Gasteiger partial charge in [0.2, 0.25) is 0 Å².